The van der Waals surface area contributed by atoms with Gasteiger partial charge in [-0.2, -0.15) is 0 Å². The van der Waals surface area contributed by atoms with Gasteiger partial charge in [-0.25, -0.2) is 8.78 Å². The van der Waals surface area contributed by atoms with Gasteiger partial charge < -0.3 is 4.74 Å². The quantitative estimate of drug-likeness (QED) is 0.811. The summed E-state index contributed by atoms with van der Waals surface area (Å²) in [5, 5.41) is 0. The molecule has 1 fully saturated rings. The Kier molecular flexibility index (Phi) is 3.84. The molecular formula is C13H14F2O2. The minimum atomic E-state index is -0.521. The Bertz CT molecular complexity index is 412. The number of ketones is 1. The Labute approximate surface area is 98.6 Å². The maximum Gasteiger partial charge on any atom is 0.140 e. The van der Waals surface area contributed by atoms with Gasteiger partial charge in [0.2, 0.25) is 0 Å². The van der Waals surface area contributed by atoms with Crippen molar-refractivity contribution in [2.75, 3.05) is 13.2 Å². The van der Waals surface area contributed by atoms with E-state index in [4.69, 9.17) is 4.74 Å². The summed E-state index contributed by atoms with van der Waals surface area (Å²) >= 11 is 0. The van der Waals surface area contributed by atoms with Crippen molar-refractivity contribution in [2.45, 2.75) is 19.3 Å². The van der Waals surface area contributed by atoms with Crippen molar-refractivity contribution in [3.63, 3.8) is 0 Å². The number of hydrogen-bond donors (Lipinski definition) is 0. The molecule has 92 valence electrons. The van der Waals surface area contributed by atoms with Crippen LogP contribution in [-0.2, 0) is 16.0 Å². The number of carbonyl (C=O) groups excluding carboxylic acids is 1. The molecule has 0 amide bonds. The molecule has 0 aromatic heterocycles. The first-order valence-electron chi connectivity index (χ1n) is 5.71. The fourth-order valence-corrected chi connectivity index (χ4v) is 2.03. The molecule has 17 heavy (non-hydrogen) atoms. The molecule has 0 bridgehead atoms. The van der Waals surface area contributed by atoms with Crippen LogP contribution in [0.25, 0.3) is 0 Å². The summed E-state index contributed by atoms with van der Waals surface area (Å²) in [6.07, 6.45) is 1.32. The first-order valence-corrected chi connectivity index (χ1v) is 5.71. The van der Waals surface area contributed by atoms with Gasteiger partial charge in [0.25, 0.3) is 0 Å². The first-order chi connectivity index (χ1) is 8.16. The molecule has 1 aliphatic rings. The summed E-state index contributed by atoms with van der Waals surface area (Å²) in [6.45, 7) is 1.14. The summed E-state index contributed by atoms with van der Waals surface area (Å²) in [7, 11) is 0. The molecule has 1 heterocycles. The van der Waals surface area contributed by atoms with Crippen LogP contribution in [0, 0.1) is 17.6 Å². The van der Waals surface area contributed by atoms with Crippen LogP contribution in [0.4, 0.5) is 8.78 Å². The summed E-state index contributed by atoms with van der Waals surface area (Å²) in [6, 6.07) is 3.20. The van der Waals surface area contributed by atoms with E-state index < -0.39 is 11.6 Å². The number of hydrogen-bond acceptors (Lipinski definition) is 2. The molecule has 0 N–H and O–H groups in total. The molecule has 4 heteroatoms. The number of benzene rings is 1. The number of rotatable bonds is 3. The second-order valence-electron chi connectivity index (χ2n) is 4.27. The Morgan fingerprint density at radius 2 is 2.00 bits per heavy atom. The molecule has 0 spiro atoms. The summed E-state index contributed by atoms with van der Waals surface area (Å²) in [4.78, 5) is 11.9. The Morgan fingerprint density at radius 3 is 2.71 bits per heavy atom. The second kappa shape index (κ2) is 5.36. The molecule has 1 saturated heterocycles. The van der Waals surface area contributed by atoms with Crippen molar-refractivity contribution in [1.82, 2.24) is 0 Å². The maximum absolute atomic E-state index is 13.4. The molecule has 0 aliphatic carbocycles. The molecule has 0 saturated carbocycles. The van der Waals surface area contributed by atoms with Gasteiger partial charge in [-0.05, 0) is 36.6 Å². The topological polar surface area (TPSA) is 26.3 Å². The first kappa shape index (κ1) is 12.2. The molecule has 0 unspecified atom stereocenters. The van der Waals surface area contributed by atoms with Gasteiger partial charge in [-0.1, -0.05) is 0 Å². The highest BCUT2D eigenvalue weighted by Crippen LogP contribution is 2.19. The summed E-state index contributed by atoms with van der Waals surface area (Å²) < 4.78 is 31.5. The maximum atomic E-state index is 13.4. The molecule has 1 aliphatic heterocycles. The van der Waals surface area contributed by atoms with Crippen LogP contribution in [0.2, 0.25) is 0 Å². The highest BCUT2D eigenvalue weighted by atomic mass is 19.1. The fourth-order valence-electron chi connectivity index (χ4n) is 2.03. The number of Topliss-reactive ketones (excluding diaryl/α,β-unsaturated/α-hetero) is 1. The number of halogens is 2. The smallest absolute Gasteiger partial charge is 0.140 e. The van der Waals surface area contributed by atoms with Crippen molar-refractivity contribution < 1.29 is 18.3 Å². The lowest BCUT2D eigenvalue weighted by Crippen LogP contribution is -2.25. The van der Waals surface area contributed by atoms with Crippen LogP contribution < -0.4 is 0 Å². The van der Waals surface area contributed by atoms with Gasteiger partial charge in [-0.15, -0.1) is 0 Å². The van der Waals surface area contributed by atoms with Crippen LogP contribution >= 0.6 is 0 Å². The lowest BCUT2D eigenvalue weighted by molar-refractivity contribution is -0.125. The molecule has 2 nitrogen and oxygen atoms in total. The Morgan fingerprint density at radius 1 is 1.29 bits per heavy atom. The SMILES string of the molecule is O=C(Cc1cc(F)ccc1F)C1CCOCC1. The molecule has 2 rings (SSSR count). The van der Waals surface area contributed by atoms with Crippen molar-refractivity contribution >= 4 is 5.78 Å². The second-order valence-corrected chi connectivity index (χ2v) is 4.27. The zero-order valence-corrected chi connectivity index (χ0v) is 9.42. The van der Waals surface area contributed by atoms with Crippen molar-refractivity contribution in [3.05, 3.63) is 35.4 Å². The molecular weight excluding hydrogens is 226 g/mol. The van der Waals surface area contributed by atoms with E-state index in [1.165, 1.54) is 0 Å². The lowest BCUT2D eigenvalue weighted by Gasteiger charge is -2.20. The summed E-state index contributed by atoms with van der Waals surface area (Å²) in [5.41, 5.74) is 0.140. The van der Waals surface area contributed by atoms with E-state index in [1.54, 1.807) is 0 Å². The zero-order valence-electron chi connectivity index (χ0n) is 9.42. The third-order valence-electron chi connectivity index (χ3n) is 3.05. The highest BCUT2D eigenvalue weighted by Gasteiger charge is 2.22. The predicted molar refractivity (Wildman–Crippen MR) is 58.6 cm³/mol. The largest absolute Gasteiger partial charge is 0.381 e. The van der Waals surface area contributed by atoms with E-state index in [0.29, 0.717) is 26.1 Å². The molecule has 0 radical (unpaired) electrons. The molecule has 0 atom stereocenters. The van der Waals surface area contributed by atoms with Crippen LogP contribution in [0.5, 0.6) is 0 Å². The van der Waals surface area contributed by atoms with E-state index in [0.717, 1.165) is 18.2 Å². The fraction of sp³-hybridized carbons (Fsp3) is 0.462. The predicted octanol–water partition coefficient (Wildman–Crippen LogP) is 2.50. The average Bonchev–Trinajstić information content (AvgIpc) is 2.35. The normalized spacial score (nSPS) is 17.1. The Balaban J connectivity index is 2.04. The van der Waals surface area contributed by atoms with Crippen LogP contribution in [0.15, 0.2) is 18.2 Å². The third-order valence-corrected chi connectivity index (χ3v) is 3.05. The lowest BCUT2D eigenvalue weighted by atomic mass is 9.91. The summed E-state index contributed by atoms with van der Waals surface area (Å²) in [5.74, 6) is -1.14. The van der Waals surface area contributed by atoms with Gasteiger partial charge in [0.05, 0.1) is 0 Å². The number of ether oxygens (including phenoxy) is 1. The van der Waals surface area contributed by atoms with Crippen LogP contribution in [0.1, 0.15) is 18.4 Å². The standard InChI is InChI=1S/C13H14F2O2/c14-11-1-2-12(15)10(7-11)8-13(16)9-3-5-17-6-4-9/h1-2,7,9H,3-6,8H2. The van der Waals surface area contributed by atoms with Gasteiger partial charge in [0, 0.05) is 25.6 Å². The molecule has 1 aromatic carbocycles. The number of carbonyl (C=O) groups is 1. The van der Waals surface area contributed by atoms with Gasteiger partial charge in [-0.3, -0.25) is 4.79 Å². The minimum Gasteiger partial charge on any atom is -0.381 e. The van der Waals surface area contributed by atoms with E-state index in [1.807, 2.05) is 0 Å². The minimum absolute atomic E-state index is 0.0298. The van der Waals surface area contributed by atoms with E-state index in [9.17, 15) is 13.6 Å². The van der Waals surface area contributed by atoms with E-state index in [2.05, 4.69) is 0 Å². The van der Waals surface area contributed by atoms with Crippen molar-refractivity contribution in [3.8, 4) is 0 Å². The van der Waals surface area contributed by atoms with Crippen LogP contribution in [0.3, 0.4) is 0 Å². The van der Waals surface area contributed by atoms with Crippen molar-refractivity contribution in [2.24, 2.45) is 5.92 Å². The third kappa shape index (κ3) is 3.09. The Hall–Kier alpha value is -1.29. The average molecular weight is 240 g/mol. The van der Waals surface area contributed by atoms with Gasteiger partial charge in [0.1, 0.15) is 17.4 Å². The molecule has 1 aromatic rings. The van der Waals surface area contributed by atoms with E-state index in [-0.39, 0.29) is 23.7 Å². The van der Waals surface area contributed by atoms with Gasteiger partial charge >= 0.3 is 0 Å². The monoisotopic (exact) mass is 240 g/mol. The van der Waals surface area contributed by atoms with Gasteiger partial charge in [0.15, 0.2) is 0 Å². The van der Waals surface area contributed by atoms with Crippen LogP contribution in [-0.4, -0.2) is 19.0 Å². The van der Waals surface area contributed by atoms with E-state index >= 15 is 0 Å². The van der Waals surface area contributed by atoms with Crippen molar-refractivity contribution in [1.29, 1.82) is 0 Å². The zero-order chi connectivity index (χ0) is 12.3. The highest BCUT2D eigenvalue weighted by molar-refractivity contribution is 5.83.